The minimum atomic E-state index is -0.879. The van der Waals surface area contributed by atoms with Crippen LogP contribution in [0.5, 0.6) is 0 Å². The fourth-order valence-corrected chi connectivity index (χ4v) is 2.83. The van der Waals surface area contributed by atoms with Gasteiger partial charge in [-0.15, -0.1) is 0 Å². The Hall–Kier alpha value is -1.92. The number of unbranched alkanes of at least 4 members (excludes halogenated alkanes) is 8. The summed E-state index contributed by atoms with van der Waals surface area (Å²) < 4.78 is 0. The molecule has 1 aromatic carbocycles. The van der Waals surface area contributed by atoms with Gasteiger partial charge < -0.3 is 20.4 Å². The molecule has 32 heavy (non-hydrogen) atoms. The summed E-state index contributed by atoms with van der Waals surface area (Å²) in [5.41, 5.74) is -0.00752. The Bertz CT molecular complexity index is 571. The number of carboxylic acid groups (broad SMARTS) is 2. The first-order valence-corrected chi connectivity index (χ1v) is 11.9. The Morgan fingerprint density at radius 2 is 1.31 bits per heavy atom. The molecule has 6 nitrogen and oxygen atoms in total. The van der Waals surface area contributed by atoms with Gasteiger partial charge in [0, 0.05) is 11.8 Å². The Morgan fingerprint density at radius 3 is 1.62 bits per heavy atom. The number of aromatic carboxylic acids is 1. The van der Waals surface area contributed by atoms with Crippen LogP contribution in [0.4, 0.5) is 0 Å². The Morgan fingerprint density at radius 1 is 0.844 bits per heavy atom. The SMILES string of the molecule is CCC(O)C(C)(C)CO.CCCCCCCCCCCC(=O)O.O=C(O)c1ccccc1. The van der Waals surface area contributed by atoms with Crippen molar-refractivity contribution >= 4 is 11.9 Å². The van der Waals surface area contributed by atoms with Gasteiger partial charge in [-0.1, -0.05) is 97.3 Å². The van der Waals surface area contributed by atoms with Gasteiger partial charge in [-0.2, -0.15) is 0 Å². The van der Waals surface area contributed by atoms with Crippen molar-refractivity contribution in [3.05, 3.63) is 35.9 Å². The van der Waals surface area contributed by atoms with E-state index in [4.69, 9.17) is 15.3 Å². The topological polar surface area (TPSA) is 115 Å². The fourth-order valence-electron chi connectivity index (χ4n) is 2.83. The number of aliphatic carboxylic acids is 1. The lowest BCUT2D eigenvalue weighted by Crippen LogP contribution is -2.31. The zero-order valence-electron chi connectivity index (χ0n) is 20.6. The number of aliphatic hydroxyl groups is 2. The molecular weight excluding hydrogens is 408 g/mol. The molecule has 4 N–H and O–H groups in total. The third kappa shape index (κ3) is 20.0. The number of benzene rings is 1. The molecular formula is C26H46O6. The van der Waals surface area contributed by atoms with Crippen molar-refractivity contribution in [1.82, 2.24) is 0 Å². The lowest BCUT2D eigenvalue weighted by Gasteiger charge is -2.26. The second kappa shape index (κ2) is 21.0. The van der Waals surface area contributed by atoms with E-state index in [0.717, 1.165) is 12.8 Å². The molecule has 1 atom stereocenters. The third-order valence-electron chi connectivity index (χ3n) is 5.21. The molecule has 0 bridgehead atoms. The van der Waals surface area contributed by atoms with Crippen molar-refractivity contribution in [2.24, 2.45) is 5.41 Å². The largest absolute Gasteiger partial charge is 0.481 e. The molecule has 6 heteroatoms. The third-order valence-corrected chi connectivity index (χ3v) is 5.21. The van der Waals surface area contributed by atoms with E-state index >= 15 is 0 Å². The molecule has 0 aromatic heterocycles. The zero-order chi connectivity index (χ0) is 24.8. The number of rotatable bonds is 14. The molecule has 0 amide bonds. The fraction of sp³-hybridized carbons (Fsp3) is 0.692. The van der Waals surface area contributed by atoms with Crippen molar-refractivity contribution in [3.63, 3.8) is 0 Å². The van der Waals surface area contributed by atoms with E-state index in [-0.39, 0.29) is 18.1 Å². The monoisotopic (exact) mass is 454 g/mol. The standard InChI is InChI=1S/C12H24O2.C7H6O2.C7H16O2/c1-2-3-4-5-6-7-8-9-10-11-12(13)14;8-7(9)6-4-2-1-3-5-6;1-4-6(9)7(2,3)5-8/h2-11H2,1H3,(H,13,14);1-5H,(H,8,9);6,8-9H,4-5H2,1-3H3. The smallest absolute Gasteiger partial charge is 0.335 e. The number of carbonyl (C=O) groups is 2. The van der Waals surface area contributed by atoms with Gasteiger partial charge in [-0.05, 0) is 25.0 Å². The highest BCUT2D eigenvalue weighted by Crippen LogP contribution is 2.21. The van der Waals surface area contributed by atoms with Gasteiger partial charge in [-0.25, -0.2) is 4.79 Å². The van der Waals surface area contributed by atoms with Crippen LogP contribution in [-0.2, 0) is 4.79 Å². The summed E-state index contributed by atoms with van der Waals surface area (Å²) in [5.74, 6) is -1.54. The van der Waals surface area contributed by atoms with Crippen molar-refractivity contribution in [1.29, 1.82) is 0 Å². The second-order valence-electron chi connectivity index (χ2n) is 8.71. The van der Waals surface area contributed by atoms with Crippen molar-refractivity contribution in [2.75, 3.05) is 6.61 Å². The van der Waals surface area contributed by atoms with Crippen molar-refractivity contribution in [3.8, 4) is 0 Å². The molecule has 186 valence electrons. The molecule has 1 rings (SSSR count). The highest BCUT2D eigenvalue weighted by atomic mass is 16.4. The molecule has 0 radical (unpaired) electrons. The van der Waals surface area contributed by atoms with E-state index < -0.39 is 11.9 Å². The average Bonchev–Trinajstić information content (AvgIpc) is 2.78. The summed E-state index contributed by atoms with van der Waals surface area (Å²) >= 11 is 0. The van der Waals surface area contributed by atoms with Crippen LogP contribution in [0, 0.1) is 5.41 Å². The van der Waals surface area contributed by atoms with Crippen molar-refractivity contribution < 1.29 is 30.0 Å². The Balaban J connectivity index is 0. The molecule has 0 aliphatic heterocycles. The first-order valence-electron chi connectivity index (χ1n) is 11.9. The molecule has 0 fully saturated rings. The minimum absolute atomic E-state index is 0.0437. The lowest BCUT2D eigenvalue weighted by atomic mass is 9.86. The molecule has 1 aromatic rings. The van der Waals surface area contributed by atoms with E-state index in [0.29, 0.717) is 18.4 Å². The maximum absolute atomic E-state index is 10.2. The predicted molar refractivity (Wildman–Crippen MR) is 130 cm³/mol. The second-order valence-corrected chi connectivity index (χ2v) is 8.71. The molecule has 1 unspecified atom stereocenters. The molecule has 0 saturated carbocycles. The molecule has 0 spiro atoms. The van der Waals surface area contributed by atoms with Crippen LogP contribution < -0.4 is 0 Å². The van der Waals surface area contributed by atoms with Gasteiger partial charge in [0.15, 0.2) is 0 Å². The van der Waals surface area contributed by atoms with E-state index in [1.165, 1.54) is 44.9 Å². The summed E-state index contributed by atoms with van der Waals surface area (Å²) in [6, 6.07) is 8.30. The number of hydrogen-bond donors (Lipinski definition) is 4. The maximum Gasteiger partial charge on any atom is 0.335 e. The summed E-state index contributed by atoms with van der Waals surface area (Å²) in [6.45, 7) is 7.87. The number of carboxylic acids is 2. The van der Waals surface area contributed by atoms with E-state index in [9.17, 15) is 14.7 Å². The molecule has 0 saturated heterocycles. The first-order chi connectivity index (χ1) is 15.1. The number of aliphatic hydroxyl groups excluding tert-OH is 2. The van der Waals surface area contributed by atoms with Crippen molar-refractivity contribution in [2.45, 2.75) is 104 Å². The Kier molecular flexibility index (Phi) is 21.1. The summed E-state index contributed by atoms with van der Waals surface area (Å²) in [6.07, 6.45) is 11.8. The highest BCUT2D eigenvalue weighted by Gasteiger charge is 2.24. The molecule has 0 heterocycles. The molecule has 0 aliphatic carbocycles. The first kappa shape index (κ1) is 32.3. The van der Waals surface area contributed by atoms with E-state index in [1.54, 1.807) is 30.3 Å². The van der Waals surface area contributed by atoms with Crippen LogP contribution >= 0.6 is 0 Å². The maximum atomic E-state index is 10.2. The predicted octanol–water partition coefficient (Wildman–Crippen LogP) is 6.15. The van der Waals surface area contributed by atoms with Gasteiger partial charge in [0.2, 0.25) is 0 Å². The summed E-state index contributed by atoms with van der Waals surface area (Å²) in [5, 5.41) is 34.8. The zero-order valence-corrected chi connectivity index (χ0v) is 20.6. The summed E-state index contributed by atoms with van der Waals surface area (Å²) in [4.78, 5) is 20.4. The lowest BCUT2D eigenvalue weighted by molar-refractivity contribution is -0.137. The quantitative estimate of drug-likeness (QED) is 0.251. The van der Waals surface area contributed by atoms with Crippen LogP contribution in [0.25, 0.3) is 0 Å². The van der Waals surface area contributed by atoms with Gasteiger partial charge in [-0.3, -0.25) is 4.79 Å². The van der Waals surface area contributed by atoms with Crippen LogP contribution in [0.1, 0.15) is 109 Å². The highest BCUT2D eigenvalue weighted by molar-refractivity contribution is 5.87. The van der Waals surface area contributed by atoms with E-state index in [2.05, 4.69) is 6.92 Å². The van der Waals surface area contributed by atoms with Gasteiger partial charge >= 0.3 is 11.9 Å². The average molecular weight is 455 g/mol. The Labute approximate surface area is 194 Å². The van der Waals surface area contributed by atoms with Gasteiger partial charge in [0.25, 0.3) is 0 Å². The molecule has 0 aliphatic rings. The van der Waals surface area contributed by atoms with E-state index in [1.807, 2.05) is 20.8 Å². The van der Waals surface area contributed by atoms with Crippen LogP contribution in [0.3, 0.4) is 0 Å². The van der Waals surface area contributed by atoms with Crippen LogP contribution in [-0.4, -0.2) is 45.1 Å². The summed E-state index contributed by atoms with van der Waals surface area (Å²) in [7, 11) is 0. The van der Waals surface area contributed by atoms with Crippen LogP contribution in [0.2, 0.25) is 0 Å². The minimum Gasteiger partial charge on any atom is -0.481 e. The normalized spacial score (nSPS) is 11.4. The van der Waals surface area contributed by atoms with Crippen LogP contribution in [0.15, 0.2) is 30.3 Å². The van der Waals surface area contributed by atoms with Gasteiger partial charge in [0.05, 0.1) is 18.3 Å². The number of hydrogen-bond acceptors (Lipinski definition) is 4. The van der Waals surface area contributed by atoms with Gasteiger partial charge in [0.1, 0.15) is 0 Å².